The summed E-state index contributed by atoms with van der Waals surface area (Å²) in [5, 5.41) is 6.67. The van der Waals surface area contributed by atoms with Gasteiger partial charge in [-0.25, -0.2) is 8.42 Å². The number of benzene rings is 2. The van der Waals surface area contributed by atoms with E-state index < -0.39 is 15.9 Å². The molecule has 0 saturated carbocycles. The van der Waals surface area contributed by atoms with Crippen molar-refractivity contribution < 1.29 is 17.7 Å². The highest BCUT2D eigenvalue weighted by atomic mass is 32.2. The zero-order valence-electron chi connectivity index (χ0n) is 19.0. The van der Waals surface area contributed by atoms with Crippen LogP contribution in [0.3, 0.4) is 0 Å². The minimum Gasteiger partial charge on any atom is -0.360 e. The van der Waals surface area contributed by atoms with E-state index in [0.29, 0.717) is 11.6 Å². The molecular formula is C24H29N3O4S. The summed E-state index contributed by atoms with van der Waals surface area (Å²) in [6.07, 6.45) is 0. The first kappa shape index (κ1) is 23.5. The molecule has 0 spiro atoms. The molecule has 0 bridgehead atoms. The second kappa shape index (κ2) is 9.56. The van der Waals surface area contributed by atoms with Crippen LogP contribution in [0.2, 0.25) is 0 Å². The molecule has 1 amide bonds. The van der Waals surface area contributed by atoms with E-state index in [4.69, 9.17) is 4.52 Å². The highest BCUT2D eigenvalue weighted by Gasteiger charge is 2.33. The molecule has 8 heteroatoms. The van der Waals surface area contributed by atoms with E-state index in [1.54, 1.807) is 26.0 Å². The molecule has 1 atom stereocenters. The van der Waals surface area contributed by atoms with Crippen LogP contribution in [-0.2, 0) is 14.8 Å². The zero-order chi connectivity index (χ0) is 23.5. The zero-order valence-corrected chi connectivity index (χ0v) is 19.8. The lowest BCUT2D eigenvalue weighted by Gasteiger charge is -2.25. The lowest BCUT2D eigenvalue weighted by atomic mass is 10.0. The third-order valence-electron chi connectivity index (χ3n) is 5.33. The highest BCUT2D eigenvalue weighted by molar-refractivity contribution is 7.93. The van der Waals surface area contributed by atoms with Crippen molar-refractivity contribution in [3.8, 4) is 0 Å². The number of nitrogens with zero attached hydrogens (tertiary/aromatic N) is 2. The van der Waals surface area contributed by atoms with E-state index in [9.17, 15) is 13.2 Å². The Morgan fingerprint density at radius 1 is 1.00 bits per heavy atom. The molecule has 0 unspecified atom stereocenters. The van der Waals surface area contributed by atoms with Gasteiger partial charge in [0.2, 0.25) is 5.91 Å². The third kappa shape index (κ3) is 5.02. The van der Waals surface area contributed by atoms with E-state index in [0.717, 1.165) is 15.4 Å². The molecule has 7 nitrogen and oxygen atoms in total. The van der Waals surface area contributed by atoms with Crippen molar-refractivity contribution in [3.05, 3.63) is 77.2 Å². The summed E-state index contributed by atoms with van der Waals surface area (Å²) in [5.74, 6) is 0.0701. The second-order valence-corrected chi connectivity index (χ2v) is 9.91. The number of rotatable bonds is 8. The third-order valence-corrected chi connectivity index (χ3v) is 7.35. The molecule has 0 aliphatic rings. The summed E-state index contributed by atoms with van der Waals surface area (Å²) < 4.78 is 33.4. The van der Waals surface area contributed by atoms with Crippen LogP contribution < -0.4 is 9.62 Å². The number of sulfonamides is 1. The Bertz CT molecular complexity index is 1150. The normalized spacial score (nSPS) is 12.6. The van der Waals surface area contributed by atoms with Crippen LogP contribution in [0.25, 0.3) is 0 Å². The molecule has 0 aliphatic heterocycles. The number of hydrogen-bond acceptors (Lipinski definition) is 5. The van der Waals surface area contributed by atoms with Gasteiger partial charge in [0.05, 0.1) is 11.7 Å². The van der Waals surface area contributed by atoms with Crippen molar-refractivity contribution in [1.29, 1.82) is 0 Å². The number of anilines is 1. The summed E-state index contributed by atoms with van der Waals surface area (Å²) in [6, 6.07) is 16.4. The van der Waals surface area contributed by atoms with Crippen LogP contribution in [-0.4, -0.2) is 26.0 Å². The minimum absolute atomic E-state index is 0.0191. The van der Waals surface area contributed by atoms with E-state index in [1.165, 1.54) is 0 Å². The summed E-state index contributed by atoms with van der Waals surface area (Å²) in [6.45, 7) is 8.73. The summed E-state index contributed by atoms with van der Waals surface area (Å²) >= 11 is 0. The first-order valence-electron chi connectivity index (χ1n) is 10.5. The fraction of sp³-hybridized carbons (Fsp3) is 0.333. The van der Waals surface area contributed by atoms with Gasteiger partial charge in [0.1, 0.15) is 12.2 Å². The van der Waals surface area contributed by atoms with Crippen LogP contribution in [0.4, 0.5) is 5.69 Å². The quantitative estimate of drug-likeness (QED) is 0.540. The maximum absolute atomic E-state index is 13.6. The van der Waals surface area contributed by atoms with Crippen LogP contribution >= 0.6 is 0 Å². The fourth-order valence-electron chi connectivity index (χ4n) is 3.54. The molecule has 170 valence electrons. The Kier molecular flexibility index (Phi) is 7.03. The summed E-state index contributed by atoms with van der Waals surface area (Å²) in [7, 11) is -4.08. The van der Waals surface area contributed by atoms with Crippen molar-refractivity contribution in [2.24, 2.45) is 0 Å². The Morgan fingerprint density at radius 3 is 2.16 bits per heavy atom. The van der Waals surface area contributed by atoms with E-state index in [1.807, 2.05) is 49.4 Å². The Hall–Kier alpha value is -3.13. The van der Waals surface area contributed by atoms with Gasteiger partial charge in [-0.3, -0.25) is 9.10 Å². The van der Waals surface area contributed by atoms with E-state index in [2.05, 4.69) is 24.3 Å². The van der Waals surface area contributed by atoms with Gasteiger partial charge in [-0.1, -0.05) is 61.5 Å². The fourth-order valence-corrected chi connectivity index (χ4v) is 5.25. The molecular weight excluding hydrogens is 426 g/mol. The summed E-state index contributed by atoms with van der Waals surface area (Å²) in [4.78, 5) is 12.9. The first-order chi connectivity index (χ1) is 15.1. The van der Waals surface area contributed by atoms with Gasteiger partial charge in [0.15, 0.2) is 10.7 Å². The second-order valence-electron chi connectivity index (χ2n) is 8.11. The van der Waals surface area contributed by atoms with Gasteiger partial charge in [-0.2, -0.15) is 0 Å². The highest BCUT2D eigenvalue weighted by Crippen LogP contribution is 2.29. The predicted molar refractivity (Wildman–Crippen MR) is 124 cm³/mol. The molecule has 2 aromatic carbocycles. The number of aryl methyl sites for hydroxylation is 2. The largest absolute Gasteiger partial charge is 0.360 e. The molecule has 0 radical (unpaired) electrons. The lowest BCUT2D eigenvalue weighted by Crippen LogP contribution is -2.41. The Labute approximate surface area is 189 Å². The number of amides is 1. The smallest absolute Gasteiger partial charge is 0.270 e. The van der Waals surface area contributed by atoms with Gasteiger partial charge in [0, 0.05) is 0 Å². The SMILES string of the molecule is Cc1noc(C)c1S(=O)(=O)N(CC(=O)N[C@H](C)c1ccccc1)c1ccc(C(C)C)cc1. The molecule has 0 fully saturated rings. The predicted octanol–water partition coefficient (Wildman–Crippen LogP) is 4.49. The molecule has 1 N–H and O–H groups in total. The van der Waals surface area contributed by atoms with Gasteiger partial charge in [0.25, 0.3) is 10.0 Å². The molecule has 3 rings (SSSR count). The lowest BCUT2D eigenvalue weighted by molar-refractivity contribution is -0.120. The first-order valence-corrected chi connectivity index (χ1v) is 11.9. The van der Waals surface area contributed by atoms with Crippen LogP contribution in [0.5, 0.6) is 0 Å². The number of carbonyl (C=O) groups excluding carboxylic acids is 1. The van der Waals surface area contributed by atoms with E-state index >= 15 is 0 Å². The average Bonchev–Trinajstić information content (AvgIpc) is 3.11. The summed E-state index contributed by atoms with van der Waals surface area (Å²) in [5.41, 5.74) is 2.66. The van der Waals surface area contributed by atoms with Crippen molar-refractivity contribution in [2.45, 2.75) is 51.5 Å². The van der Waals surface area contributed by atoms with Crippen molar-refractivity contribution in [1.82, 2.24) is 10.5 Å². The van der Waals surface area contributed by atoms with Gasteiger partial charge >= 0.3 is 0 Å². The number of nitrogens with one attached hydrogen (secondary N) is 1. The van der Waals surface area contributed by atoms with Crippen molar-refractivity contribution in [3.63, 3.8) is 0 Å². The van der Waals surface area contributed by atoms with Crippen LogP contribution in [0.1, 0.15) is 55.3 Å². The van der Waals surface area contributed by atoms with Gasteiger partial charge in [-0.05, 0) is 49.9 Å². The number of aromatic nitrogens is 1. The molecule has 0 saturated heterocycles. The van der Waals surface area contributed by atoms with Crippen molar-refractivity contribution in [2.75, 3.05) is 10.8 Å². The maximum Gasteiger partial charge on any atom is 0.270 e. The molecule has 1 aromatic heterocycles. The van der Waals surface area contributed by atoms with Crippen LogP contribution in [0.15, 0.2) is 64.0 Å². The van der Waals surface area contributed by atoms with Gasteiger partial charge < -0.3 is 9.84 Å². The van der Waals surface area contributed by atoms with Gasteiger partial charge in [-0.15, -0.1) is 0 Å². The Balaban J connectivity index is 1.94. The Morgan fingerprint density at radius 2 is 1.62 bits per heavy atom. The monoisotopic (exact) mass is 455 g/mol. The molecule has 3 aromatic rings. The van der Waals surface area contributed by atoms with E-state index in [-0.39, 0.29) is 28.9 Å². The average molecular weight is 456 g/mol. The maximum atomic E-state index is 13.6. The van der Waals surface area contributed by atoms with Crippen molar-refractivity contribution >= 4 is 21.6 Å². The molecule has 0 aliphatic carbocycles. The topological polar surface area (TPSA) is 92.5 Å². The number of hydrogen-bond donors (Lipinski definition) is 1. The number of carbonyl (C=O) groups is 1. The molecule has 32 heavy (non-hydrogen) atoms. The standard InChI is InChI=1S/C24H29N3O4S/c1-16(2)20-11-13-22(14-12-20)27(32(29,30)24-18(4)26-31-19(24)5)15-23(28)25-17(3)21-9-7-6-8-10-21/h6-14,16-17H,15H2,1-5H3,(H,25,28)/t17-/m1/s1. The molecule has 1 heterocycles. The van der Waals surface area contributed by atoms with Crippen LogP contribution in [0, 0.1) is 13.8 Å². The minimum atomic E-state index is -4.08.